The van der Waals surface area contributed by atoms with Crippen LogP contribution in [-0.2, 0) is 14.3 Å². The second kappa shape index (κ2) is 62.6. The van der Waals surface area contributed by atoms with Crippen molar-refractivity contribution >= 4 is 11.9 Å². The lowest BCUT2D eigenvalue weighted by Crippen LogP contribution is -2.45. The van der Waals surface area contributed by atoms with Crippen LogP contribution in [0.1, 0.15) is 354 Å². The smallest absolute Gasteiger partial charge is 0.305 e. The van der Waals surface area contributed by atoms with Gasteiger partial charge in [0.1, 0.15) is 0 Å². The van der Waals surface area contributed by atoms with E-state index in [-0.39, 0.29) is 18.5 Å². The molecule has 430 valence electrons. The molecule has 6 nitrogen and oxygen atoms in total. The van der Waals surface area contributed by atoms with Crippen LogP contribution >= 0.6 is 0 Å². The highest BCUT2D eigenvalue weighted by atomic mass is 16.5. The lowest BCUT2D eigenvalue weighted by Gasteiger charge is -2.20. The molecule has 0 aromatic heterocycles. The van der Waals surface area contributed by atoms with E-state index in [1.54, 1.807) is 6.08 Å². The monoisotopic (exact) mass is 1030 g/mol. The number of esters is 1. The molecular formula is C67H127NO5. The minimum absolute atomic E-state index is 0.0134. The second-order valence-corrected chi connectivity index (χ2v) is 22.5. The Labute approximate surface area is 455 Å². The van der Waals surface area contributed by atoms with Gasteiger partial charge < -0.3 is 20.3 Å². The predicted molar refractivity (Wildman–Crippen MR) is 319 cm³/mol. The molecule has 0 saturated heterocycles. The van der Waals surface area contributed by atoms with E-state index in [9.17, 15) is 19.8 Å². The first kappa shape index (κ1) is 71.1. The van der Waals surface area contributed by atoms with Gasteiger partial charge in [-0.2, -0.15) is 0 Å². The van der Waals surface area contributed by atoms with Gasteiger partial charge in [0.05, 0.1) is 25.4 Å². The Hall–Kier alpha value is -1.92. The average molecular weight is 1030 g/mol. The molecule has 0 bridgehead atoms. The van der Waals surface area contributed by atoms with Gasteiger partial charge in [-0.25, -0.2) is 0 Å². The summed E-state index contributed by atoms with van der Waals surface area (Å²) in [6.07, 6.45) is 79.2. The fourth-order valence-corrected chi connectivity index (χ4v) is 10.1. The average Bonchev–Trinajstić information content (AvgIpc) is 3.39. The molecule has 3 N–H and O–H groups in total. The summed E-state index contributed by atoms with van der Waals surface area (Å²) in [4.78, 5) is 24.5. The van der Waals surface area contributed by atoms with Crippen LogP contribution in [0.15, 0.2) is 36.5 Å². The number of carbonyl (C=O) groups excluding carboxylic acids is 2. The third-order valence-electron chi connectivity index (χ3n) is 15.2. The maximum atomic E-state index is 12.4. The minimum Gasteiger partial charge on any atom is -0.466 e. The molecule has 2 atom stereocenters. The summed E-state index contributed by atoms with van der Waals surface area (Å²) >= 11 is 0. The van der Waals surface area contributed by atoms with Crippen molar-refractivity contribution < 1.29 is 24.5 Å². The fourth-order valence-electron chi connectivity index (χ4n) is 10.1. The third kappa shape index (κ3) is 59.2. The van der Waals surface area contributed by atoms with Gasteiger partial charge in [-0.05, 0) is 64.2 Å². The molecule has 6 heteroatoms. The summed E-state index contributed by atoms with van der Waals surface area (Å²) in [5.74, 6) is -0.0607. The van der Waals surface area contributed by atoms with Crippen molar-refractivity contribution in [3.05, 3.63) is 36.5 Å². The molecule has 0 aromatic rings. The first-order valence-corrected chi connectivity index (χ1v) is 32.8. The molecule has 0 aliphatic heterocycles. The summed E-state index contributed by atoms with van der Waals surface area (Å²) in [5, 5.41) is 23.1. The molecule has 0 spiro atoms. The van der Waals surface area contributed by atoms with Crippen molar-refractivity contribution in [2.75, 3.05) is 13.2 Å². The highest BCUT2D eigenvalue weighted by Gasteiger charge is 2.18. The molecule has 0 aromatic carbocycles. The van der Waals surface area contributed by atoms with E-state index in [0.29, 0.717) is 19.4 Å². The number of aliphatic hydroxyl groups excluding tert-OH is 2. The van der Waals surface area contributed by atoms with Crippen molar-refractivity contribution in [2.24, 2.45) is 0 Å². The first-order valence-electron chi connectivity index (χ1n) is 32.8. The van der Waals surface area contributed by atoms with Gasteiger partial charge in [-0.1, -0.05) is 314 Å². The van der Waals surface area contributed by atoms with E-state index in [4.69, 9.17) is 4.74 Å². The zero-order valence-corrected chi connectivity index (χ0v) is 49.1. The van der Waals surface area contributed by atoms with Gasteiger partial charge in [0.25, 0.3) is 0 Å². The number of hydrogen-bond acceptors (Lipinski definition) is 5. The topological polar surface area (TPSA) is 95.9 Å². The molecule has 0 fully saturated rings. The van der Waals surface area contributed by atoms with E-state index in [1.807, 2.05) is 6.08 Å². The van der Waals surface area contributed by atoms with Gasteiger partial charge in [-0.3, -0.25) is 9.59 Å². The van der Waals surface area contributed by atoms with Crippen molar-refractivity contribution in [2.45, 2.75) is 366 Å². The number of rotatable bonds is 61. The van der Waals surface area contributed by atoms with E-state index < -0.39 is 12.1 Å². The van der Waals surface area contributed by atoms with Crippen molar-refractivity contribution in [1.82, 2.24) is 5.32 Å². The summed E-state index contributed by atoms with van der Waals surface area (Å²) in [6, 6.07) is -0.632. The molecule has 0 aliphatic carbocycles. The molecule has 2 unspecified atom stereocenters. The molecule has 0 rings (SSSR count). The molecule has 0 heterocycles. The van der Waals surface area contributed by atoms with Crippen LogP contribution < -0.4 is 5.32 Å². The normalized spacial score (nSPS) is 12.8. The number of nitrogens with one attached hydrogen (secondary N) is 1. The molecular weight excluding hydrogens is 899 g/mol. The van der Waals surface area contributed by atoms with Gasteiger partial charge in [0.2, 0.25) is 5.91 Å². The van der Waals surface area contributed by atoms with Crippen molar-refractivity contribution in [1.29, 1.82) is 0 Å². The van der Waals surface area contributed by atoms with E-state index in [2.05, 4.69) is 43.5 Å². The Kier molecular flexibility index (Phi) is 61.0. The van der Waals surface area contributed by atoms with Crippen LogP contribution in [-0.4, -0.2) is 47.4 Å². The zero-order valence-electron chi connectivity index (χ0n) is 49.1. The highest BCUT2D eigenvalue weighted by Crippen LogP contribution is 2.17. The number of carbonyl (C=O) groups is 2. The van der Waals surface area contributed by atoms with Crippen LogP contribution in [0.3, 0.4) is 0 Å². The van der Waals surface area contributed by atoms with Crippen molar-refractivity contribution in [3.8, 4) is 0 Å². The van der Waals surface area contributed by atoms with Gasteiger partial charge in [0, 0.05) is 12.8 Å². The Morgan fingerprint density at radius 1 is 0.384 bits per heavy atom. The Balaban J connectivity index is 3.41. The summed E-state index contributed by atoms with van der Waals surface area (Å²) in [5.41, 5.74) is 0. The number of allylic oxidation sites excluding steroid dienone is 5. The standard InChI is InChI=1S/C67H127NO5/c1-3-5-7-9-11-13-15-17-18-19-27-31-34-37-41-45-49-53-57-61-67(72)73-62-58-54-50-46-42-38-35-32-29-26-24-22-20-21-23-25-28-30-33-36-40-44-48-52-56-60-66(71)68-64(63-69)65(70)59-55-51-47-43-39-16-14-12-10-8-6-4-2/h21-24,55,59,64-65,69-70H,3-20,25-54,56-58,60-63H2,1-2H3,(H,68,71)/b23-21-,24-22-,59-55+. The molecule has 0 aliphatic rings. The van der Waals surface area contributed by atoms with Crippen LogP contribution in [0.4, 0.5) is 0 Å². The van der Waals surface area contributed by atoms with Gasteiger partial charge >= 0.3 is 5.97 Å². The largest absolute Gasteiger partial charge is 0.466 e. The van der Waals surface area contributed by atoms with Crippen LogP contribution in [0, 0.1) is 0 Å². The quantitative estimate of drug-likeness (QED) is 0.0320. The number of unbranched alkanes of at least 4 members (excludes halogenated alkanes) is 46. The summed E-state index contributed by atoms with van der Waals surface area (Å²) in [7, 11) is 0. The lowest BCUT2D eigenvalue weighted by atomic mass is 10.0. The number of ether oxygens (including phenoxy) is 1. The maximum Gasteiger partial charge on any atom is 0.305 e. The Morgan fingerprint density at radius 3 is 1.04 bits per heavy atom. The highest BCUT2D eigenvalue weighted by molar-refractivity contribution is 5.76. The fraction of sp³-hybridized carbons (Fsp3) is 0.881. The number of amides is 1. The molecule has 0 saturated carbocycles. The Morgan fingerprint density at radius 2 is 0.685 bits per heavy atom. The molecule has 73 heavy (non-hydrogen) atoms. The van der Waals surface area contributed by atoms with Gasteiger partial charge in [0.15, 0.2) is 0 Å². The van der Waals surface area contributed by atoms with E-state index >= 15 is 0 Å². The van der Waals surface area contributed by atoms with Gasteiger partial charge in [-0.15, -0.1) is 0 Å². The van der Waals surface area contributed by atoms with E-state index in [1.165, 1.54) is 283 Å². The molecule has 1 amide bonds. The summed E-state index contributed by atoms with van der Waals surface area (Å²) < 4.78 is 5.50. The van der Waals surface area contributed by atoms with Crippen LogP contribution in [0.5, 0.6) is 0 Å². The van der Waals surface area contributed by atoms with Crippen molar-refractivity contribution in [3.63, 3.8) is 0 Å². The minimum atomic E-state index is -0.847. The summed E-state index contributed by atoms with van der Waals surface area (Å²) in [6.45, 7) is 4.91. The predicted octanol–water partition coefficient (Wildman–Crippen LogP) is 20.8. The number of aliphatic hydroxyl groups is 2. The first-order chi connectivity index (χ1) is 36.0. The SMILES string of the molecule is CCCCCCCCCCCC/C=C/C(O)C(CO)NC(=O)CCCCCCCCCCC/C=C\C/C=C\CCCCCCCCCCCOC(=O)CCCCCCCCCCCCCCCCCCCCC. The lowest BCUT2D eigenvalue weighted by molar-refractivity contribution is -0.143. The maximum absolute atomic E-state index is 12.4. The zero-order chi connectivity index (χ0) is 52.9. The second-order valence-electron chi connectivity index (χ2n) is 22.5. The number of hydrogen-bond donors (Lipinski definition) is 3. The van der Waals surface area contributed by atoms with Crippen LogP contribution in [0.2, 0.25) is 0 Å². The third-order valence-corrected chi connectivity index (χ3v) is 15.2. The molecule has 0 radical (unpaired) electrons. The van der Waals surface area contributed by atoms with E-state index in [0.717, 1.165) is 44.9 Å². The Bertz CT molecular complexity index is 1180. The van der Waals surface area contributed by atoms with Crippen LogP contribution in [0.25, 0.3) is 0 Å².